The van der Waals surface area contributed by atoms with E-state index in [9.17, 15) is 14.4 Å². The summed E-state index contributed by atoms with van der Waals surface area (Å²) >= 11 is 10.9. The highest BCUT2D eigenvalue weighted by molar-refractivity contribution is 9.10. The van der Waals surface area contributed by atoms with Crippen molar-refractivity contribution >= 4 is 68.7 Å². The highest BCUT2D eigenvalue weighted by atomic mass is 79.9. The van der Waals surface area contributed by atoms with E-state index in [-0.39, 0.29) is 23.1 Å². The molecule has 8 heteroatoms. The molecule has 0 aliphatic rings. The Bertz CT molecular complexity index is 1470. The highest BCUT2D eigenvalue weighted by Gasteiger charge is 2.15. The minimum absolute atomic E-state index is 0.0603. The van der Waals surface area contributed by atoms with Crippen LogP contribution >= 0.6 is 39.3 Å². The summed E-state index contributed by atoms with van der Waals surface area (Å²) in [5.74, 6) is -0.679. The van der Waals surface area contributed by atoms with Crippen molar-refractivity contribution in [1.82, 2.24) is 5.32 Å². The minimum atomic E-state index is -0.466. The average molecular weight is 606 g/mol. The standard InChI is InChI=1S/C30H22BrClN2O3S/c31-22-12-10-20(11-13-22)18-27(34-29(36)21-6-2-1-3-7-21)30(37)33-23-14-16-24(17-15-23)38-19-28(35)25-8-4-5-9-26(25)32/h1-18H,19H2,(H,33,37)(H,34,36)/b27-18-. The lowest BCUT2D eigenvalue weighted by molar-refractivity contribution is -0.113. The van der Waals surface area contributed by atoms with Gasteiger partial charge in [-0.15, -0.1) is 11.8 Å². The SMILES string of the molecule is O=C(Nc1ccc(SCC(=O)c2ccccc2Cl)cc1)/C(=C/c1ccc(Br)cc1)NC(=O)c1ccccc1. The highest BCUT2D eigenvalue weighted by Crippen LogP contribution is 2.24. The molecule has 0 fully saturated rings. The molecule has 0 bridgehead atoms. The van der Waals surface area contributed by atoms with Gasteiger partial charge in [-0.2, -0.15) is 0 Å². The Morgan fingerprint density at radius 1 is 0.816 bits per heavy atom. The summed E-state index contributed by atoms with van der Waals surface area (Å²) in [6.07, 6.45) is 1.62. The van der Waals surface area contributed by atoms with Crippen LogP contribution in [0, 0.1) is 0 Å². The molecule has 4 aromatic rings. The van der Waals surface area contributed by atoms with E-state index in [4.69, 9.17) is 11.6 Å². The van der Waals surface area contributed by atoms with E-state index in [1.807, 2.05) is 42.5 Å². The van der Waals surface area contributed by atoms with Crippen LogP contribution < -0.4 is 10.6 Å². The fourth-order valence-corrected chi connectivity index (χ4v) is 4.70. The topological polar surface area (TPSA) is 75.3 Å². The lowest BCUT2D eigenvalue weighted by Crippen LogP contribution is -2.30. The second-order valence-electron chi connectivity index (χ2n) is 8.10. The van der Waals surface area contributed by atoms with Gasteiger partial charge in [-0.25, -0.2) is 0 Å². The predicted octanol–water partition coefficient (Wildman–Crippen LogP) is 7.49. The molecular weight excluding hydrogens is 584 g/mol. The fraction of sp³-hybridized carbons (Fsp3) is 0.0333. The molecule has 5 nitrogen and oxygen atoms in total. The Morgan fingerprint density at radius 3 is 2.16 bits per heavy atom. The molecule has 38 heavy (non-hydrogen) atoms. The maximum absolute atomic E-state index is 13.2. The molecule has 0 heterocycles. The van der Waals surface area contributed by atoms with Crippen LogP contribution in [-0.4, -0.2) is 23.4 Å². The normalized spacial score (nSPS) is 11.1. The molecule has 0 radical (unpaired) electrons. The van der Waals surface area contributed by atoms with Gasteiger partial charge < -0.3 is 10.6 Å². The van der Waals surface area contributed by atoms with Crippen molar-refractivity contribution in [2.75, 3.05) is 11.1 Å². The first-order valence-corrected chi connectivity index (χ1v) is 13.7. The van der Waals surface area contributed by atoms with Crippen molar-refractivity contribution in [2.45, 2.75) is 4.90 Å². The van der Waals surface area contributed by atoms with Crippen molar-refractivity contribution in [3.05, 3.63) is 135 Å². The number of hydrogen-bond donors (Lipinski definition) is 2. The molecule has 2 N–H and O–H groups in total. The minimum Gasteiger partial charge on any atom is -0.321 e. The molecule has 2 amide bonds. The van der Waals surface area contributed by atoms with Crippen molar-refractivity contribution in [3.8, 4) is 0 Å². The molecule has 4 aromatic carbocycles. The van der Waals surface area contributed by atoms with Crippen molar-refractivity contribution in [1.29, 1.82) is 0 Å². The van der Waals surface area contributed by atoms with Crippen LogP contribution in [0.15, 0.2) is 118 Å². The van der Waals surface area contributed by atoms with Crippen LogP contribution in [-0.2, 0) is 4.79 Å². The van der Waals surface area contributed by atoms with Crippen LogP contribution in [0.3, 0.4) is 0 Å². The van der Waals surface area contributed by atoms with Crippen molar-refractivity contribution < 1.29 is 14.4 Å². The van der Waals surface area contributed by atoms with E-state index in [1.54, 1.807) is 66.7 Å². The summed E-state index contributed by atoms with van der Waals surface area (Å²) in [6, 6.07) is 30.2. The van der Waals surface area contributed by atoms with E-state index < -0.39 is 5.91 Å². The van der Waals surface area contributed by atoms with Gasteiger partial charge >= 0.3 is 0 Å². The second kappa shape index (κ2) is 13.2. The number of carbonyl (C=O) groups is 3. The predicted molar refractivity (Wildman–Crippen MR) is 158 cm³/mol. The molecule has 0 unspecified atom stereocenters. The first-order valence-electron chi connectivity index (χ1n) is 11.5. The quantitative estimate of drug-likeness (QED) is 0.118. The average Bonchev–Trinajstić information content (AvgIpc) is 2.94. The summed E-state index contributed by atoms with van der Waals surface area (Å²) in [7, 11) is 0. The second-order valence-corrected chi connectivity index (χ2v) is 10.5. The summed E-state index contributed by atoms with van der Waals surface area (Å²) in [5, 5.41) is 5.99. The third kappa shape index (κ3) is 7.68. The van der Waals surface area contributed by atoms with Crippen LogP contribution in [0.2, 0.25) is 5.02 Å². The van der Waals surface area contributed by atoms with Gasteiger partial charge in [-0.05, 0) is 72.3 Å². The van der Waals surface area contributed by atoms with E-state index in [0.29, 0.717) is 21.8 Å². The number of Topliss-reactive ketones (excluding diaryl/α,β-unsaturated/α-hetero) is 1. The first kappa shape index (κ1) is 27.4. The number of anilines is 1. The van der Waals surface area contributed by atoms with E-state index >= 15 is 0 Å². The Morgan fingerprint density at radius 2 is 1.47 bits per heavy atom. The Hall–Kier alpha value is -3.65. The number of hydrogen-bond acceptors (Lipinski definition) is 4. The van der Waals surface area contributed by atoms with Gasteiger partial charge in [-0.1, -0.05) is 70.0 Å². The number of ketones is 1. The number of nitrogens with one attached hydrogen (secondary N) is 2. The molecule has 0 saturated carbocycles. The van der Waals surface area contributed by atoms with Crippen molar-refractivity contribution in [2.24, 2.45) is 0 Å². The Labute approximate surface area is 238 Å². The Kier molecular flexibility index (Phi) is 9.54. The zero-order chi connectivity index (χ0) is 26.9. The van der Waals surface area contributed by atoms with Crippen molar-refractivity contribution in [3.63, 3.8) is 0 Å². The third-order valence-corrected chi connectivity index (χ3v) is 7.24. The van der Waals surface area contributed by atoms with Crippen LogP contribution in [0.4, 0.5) is 5.69 Å². The number of halogens is 2. The van der Waals surface area contributed by atoms with Crippen LogP contribution in [0.1, 0.15) is 26.3 Å². The van der Waals surface area contributed by atoms with Gasteiger partial charge in [-0.3, -0.25) is 14.4 Å². The number of amides is 2. The fourth-order valence-electron chi connectivity index (χ4n) is 3.41. The smallest absolute Gasteiger partial charge is 0.272 e. The molecule has 0 aromatic heterocycles. The van der Waals surface area contributed by atoms with Crippen LogP contribution in [0.5, 0.6) is 0 Å². The molecule has 190 valence electrons. The molecule has 0 spiro atoms. The molecular formula is C30H22BrClN2O3S. The zero-order valence-electron chi connectivity index (χ0n) is 20.0. The number of thioether (sulfide) groups is 1. The molecule has 0 aliphatic heterocycles. The van der Waals surface area contributed by atoms with Crippen LogP contribution in [0.25, 0.3) is 6.08 Å². The molecule has 0 saturated heterocycles. The maximum atomic E-state index is 13.2. The third-order valence-electron chi connectivity index (χ3n) is 5.37. The molecule has 0 aliphatic carbocycles. The van der Waals surface area contributed by atoms with Gasteiger partial charge in [0.15, 0.2) is 5.78 Å². The molecule has 0 atom stereocenters. The summed E-state index contributed by atoms with van der Waals surface area (Å²) in [6.45, 7) is 0. The lowest BCUT2D eigenvalue weighted by Gasteiger charge is -2.12. The van der Waals surface area contributed by atoms with Gasteiger partial charge in [0, 0.05) is 26.2 Å². The maximum Gasteiger partial charge on any atom is 0.272 e. The molecule has 4 rings (SSSR count). The summed E-state index contributed by atoms with van der Waals surface area (Å²) < 4.78 is 0.903. The van der Waals surface area contributed by atoms with E-state index in [2.05, 4.69) is 26.6 Å². The van der Waals surface area contributed by atoms with E-state index in [1.165, 1.54) is 11.8 Å². The first-order chi connectivity index (χ1) is 18.4. The summed E-state index contributed by atoms with van der Waals surface area (Å²) in [5.41, 5.74) is 2.34. The lowest BCUT2D eigenvalue weighted by atomic mass is 10.1. The number of carbonyl (C=O) groups excluding carboxylic acids is 3. The zero-order valence-corrected chi connectivity index (χ0v) is 23.1. The summed E-state index contributed by atoms with van der Waals surface area (Å²) in [4.78, 5) is 39.3. The van der Waals surface area contributed by atoms with Gasteiger partial charge in [0.05, 0.1) is 10.8 Å². The van der Waals surface area contributed by atoms with Gasteiger partial charge in [0.2, 0.25) is 0 Å². The number of benzene rings is 4. The van der Waals surface area contributed by atoms with E-state index in [0.717, 1.165) is 14.9 Å². The van der Waals surface area contributed by atoms with Gasteiger partial charge in [0.1, 0.15) is 5.70 Å². The number of rotatable bonds is 9. The Balaban J connectivity index is 1.44. The van der Waals surface area contributed by atoms with Gasteiger partial charge in [0.25, 0.3) is 11.8 Å². The monoisotopic (exact) mass is 604 g/mol. The largest absolute Gasteiger partial charge is 0.321 e.